The molecule has 0 spiro atoms. The summed E-state index contributed by atoms with van der Waals surface area (Å²) in [7, 11) is 0. The van der Waals surface area contributed by atoms with E-state index in [0.717, 1.165) is 5.56 Å². The predicted octanol–water partition coefficient (Wildman–Crippen LogP) is 4.08. The minimum Gasteiger partial charge on any atom is -0.484 e. The molecule has 2 amide bonds. The molecule has 0 unspecified atom stereocenters. The molecule has 4 rings (SSSR count). The third kappa shape index (κ3) is 4.83. The number of amides is 2. The molecule has 1 heterocycles. The maximum Gasteiger partial charge on any atom is 0.265 e. The molecule has 0 fully saturated rings. The summed E-state index contributed by atoms with van der Waals surface area (Å²) in [6, 6.07) is 18.7. The summed E-state index contributed by atoms with van der Waals surface area (Å²) in [5, 5.41) is 2.75. The van der Waals surface area contributed by atoms with Crippen molar-refractivity contribution >= 4 is 23.2 Å². The monoisotopic (exact) mass is 420 g/mol. The average molecular weight is 420 g/mol. The summed E-state index contributed by atoms with van der Waals surface area (Å²) in [4.78, 5) is 26.2. The number of aryl methyl sites for hydroxylation is 1. The van der Waals surface area contributed by atoms with Crippen LogP contribution in [-0.4, -0.2) is 25.0 Å². The highest BCUT2D eigenvalue weighted by Gasteiger charge is 2.27. The van der Waals surface area contributed by atoms with Crippen LogP contribution in [0.5, 0.6) is 11.5 Å². The smallest absolute Gasteiger partial charge is 0.265 e. The van der Waals surface area contributed by atoms with Crippen molar-refractivity contribution in [2.45, 2.75) is 13.5 Å². The molecular weight excluding hydrogens is 399 g/mol. The maximum atomic E-state index is 14.1. The molecule has 1 aliphatic rings. The predicted molar refractivity (Wildman–Crippen MR) is 115 cm³/mol. The lowest BCUT2D eigenvalue weighted by atomic mass is 10.1. The standard InChI is InChI=1S/C24H21FN2O4/c1-16-6-9-19(10-7-16)30-14-23(28)26-18-8-11-22-21(12-18)27(24(29)15-31-22)13-17-4-2-3-5-20(17)25/h2-12H,13-15H2,1H3,(H,26,28). The van der Waals surface area contributed by atoms with Gasteiger partial charge in [-0.25, -0.2) is 4.39 Å². The number of carbonyl (C=O) groups excluding carboxylic acids is 2. The van der Waals surface area contributed by atoms with Gasteiger partial charge in [-0.15, -0.1) is 0 Å². The third-order valence-electron chi connectivity index (χ3n) is 4.86. The van der Waals surface area contributed by atoms with Crippen molar-refractivity contribution in [1.29, 1.82) is 0 Å². The van der Waals surface area contributed by atoms with E-state index in [-0.39, 0.29) is 37.4 Å². The molecular formula is C24H21FN2O4. The highest BCUT2D eigenvalue weighted by atomic mass is 19.1. The summed E-state index contributed by atoms with van der Waals surface area (Å²) in [5.74, 6) is 0.0679. The molecule has 31 heavy (non-hydrogen) atoms. The quantitative estimate of drug-likeness (QED) is 0.653. The van der Waals surface area contributed by atoms with E-state index >= 15 is 0 Å². The van der Waals surface area contributed by atoms with Gasteiger partial charge >= 0.3 is 0 Å². The Morgan fingerprint density at radius 1 is 1.13 bits per heavy atom. The molecule has 1 aliphatic heterocycles. The summed E-state index contributed by atoms with van der Waals surface area (Å²) < 4.78 is 25.1. The molecule has 158 valence electrons. The lowest BCUT2D eigenvalue weighted by Crippen LogP contribution is -2.38. The third-order valence-corrected chi connectivity index (χ3v) is 4.86. The van der Waals surface area contributed by atoms with E-state index in [2.05, 4.69) is 5.32 Å². The molecule has 0 saturated carbocycles. The number of hydrogen-bond donors (Lipinski definition) is 1. The van der Waals surface area contributed by atoms with Gasteiger partial charge in [0.05, 0.1) is 12.2 Å². The van der Waals surface area contributed by atoms with Gasteiger partial charge in [0.15, 0.2) is 13.2 Å². The van der Waals surface area contributed by atoms with Crippen molar-refractivity contribution in [3.05, 3.63) is 83.7 Å². The van der Waals surface area contributed by atoms with Crippen molar-refractivity contribution in [3.8, 4) is 11.5 Å². The van der Waals surface area contributed by atoms with Gasteiger partial charge in [0.2, 0.25) is 0 Å². The summed E-state index contributed by atoms with van der Waals surface area (Å²) in [6.07, 6.45) is 0. The SMILES string of the molecule is Cc1ccc(OCC(=O)Nc2ccc3c(c2)N(Cc2ccccc2F)C(=O)CO3)cc1. The second-order valence-corrected chi connectivity index (χ2v) is 7.19. The normalized spacial score (nSPS) is 12.7. The molecule has 3 aromatic rings. The molecule has 0 saturated heterocycles. The fourth-order valence-corrected chi connectivity index (χ4v) is 3.23. The Morgan fingerprint density at radius 3 is 2.68 bits per heavy atom. The van der Waals surface area contributed by atoms with E-state index in [1.165, 1.54) is 11.0 Å². The number of ether oxygens (including phenoxy) is 2. The van der Waals surface area contributed by atoms with Gasteiger partial charge in [-0.05, 0) is 43.3 Å². The van der Waals surface area contributed by atoms with Crippen LogP contribution in [0.3, 0.4) is 0 Å². The van der Waals surface area contributed by atoms with Gasteiger partial charge in [0, 0.05) is 11.3 Å². The Balaban J connectivity index is 1.47. The number of benzene rings is 3. The van der Waals surface area contributed by atoms with Crippen LogP contribution < -0.4 is 19.7 Å². The zero-order valence-corrected chi connectivity index (χ0v) is 16.9. The van der Waals surface area contributed by atoms with E-state index in [1.807, 2.05) is 19.1 Å². The van der Waals surface area contributed by atoms with Crippen molar-refractivity contribution < 1.29 is 23.5 Å². The maximum absolute atomic E-state index is 14.1. The number of nitrogens with one attached hydrogen (secondary N) is 1. The number of hydrogen-bond acceptors (Lipinski definition) is 4. The van der Waals surface area contributed by atoms with Gasteiger partial charge < -0.3 is 19.7 Å². The average Bonchev–Trinajstić information content (AvgIpc) is 2.77. The van der Waals surface area contributed by atoms with E-state index in [1.54, 1.807) is 48.5 Å². The summed E-state index contributed by atoms with van der Waals surface area (Å²) in [6.45, 7) is 1.75. The first-order valence-electron chi connectivity index (χ1n) is 9.79. The number of fused-ring (bicyclic) bond motifs is 1. The van der Waals surface area contributed by atoms with Crippen LogP contribution in [0.2, 0.25) is 0 Å². The molecule has 0 atom stereocenters. The number of nitrogens with zero attached hydrogens (tertiary/aromatic N) is 1. The van der Waals surface area contributed by atoms with E-state index in [0.29, 0.717) is 28.4 Å². The van der Waals surface area contributed by atoms with Crippen LogP contribution in [0.1, 0.15) is 11.1 Å². The zero-order valence-electron chi connectivity index (χ0n) is 16.9. The van der Waals surface area contributed by atoms with Crippen molar-refractivity contribution in [1.82, 2.24) is 0 Å². The van der Waals surface area contributed by atoms with Crippen LogP contribution in [0.4, 0.5) is 15.8 Å². The van der Waals surface area contributed by atoms with Gasteiger partial charge in [-0.2, -0.15) is 0 Å². The first-order chi connectivity index (χ1) is 15.0. The lowest BCUT2D eigenvalue weighted by Gasteiger charge is -2.30. The molecule has 0 bridgehead atoms. The highest BCUT2D eigenvalue weighted by Crippen LogP contribution is 2.35. The Labute approximate surface area is 179 Å². The summed E-state index contributed by atoms with van der Waals surface area (Å²) in [5.41, 5.74) is 2.44. The van der Waals surface area contributed by atoms with Crippen LogP contribution in [0.15, 0.2) is 66.7 Å². The second kappa shape index (κ2) is 8.87. The van der Waals surface area contributed by atoms with E-state index < -0.39 is 0 Å². The van der Waals surface area contributed by atoms with Crippen LogP contribution in [0.25, 0.3) is 0 Å². The summed E-state index contributed by atoms with van der Waals surface area (Å²) >= 11 is 0. The zero-order chi connectivity index (χ0) is 21.8. The molecule has 7 heteroatoms. The molecule has 0 aromatic heterocycles. The van der Waals surface area contributed by atoms with Crippen LogP contribution in [-0.2, 0) is 16.1 Å². The Morgan fingerprint density at radius 2 is 1.90 bits per heavy atom. The van der Waals surface area contributed by atoms with Gasteiger partial charge in [0.1, 0.15) is 17.3 Å². The van der Waals surface area contributed by atoms with Crippen molar-refractivity contribution in [2.75, 3.05) is 23.4 Å². The Bertz CT molecular complexity index is 1110. The number of halogens is 1. The minimum atomic E-state index is -0.388. The molecule has 1 N–H and O–H groups in total. The fourth-order valence-electron chi connectivity index (χ4n) is 3.23. The molecule has 0 radical (unpaired) electrons. The Hall–Kier alpha value is -3.87. The van der Waals surface area contributed by atoms with Crippen molar-refractivity contribution in [3.63, 3.8) is 0 Å². The highest BCUT2D eigenvalue weighted by molar-refractivity contribution is 5.99. The first kappa shape index (κ1) is 20.4. The fraction of sp³-hybridized carbons (Fsp3) is 0.167. The van der Waals surface area contributed by atoms with Gasteiger partial charge in [-0.1, -0.05) is 35.9 Å². The Kier molecular flexibility index (Phi) is 5.84. The van der Waals surface area contributed by atoms with Gasteiger partial charge in [-0.3, -0.25) is 9.59 Å². The molecule has 3 aromatic carbocycles. The second-order valence-electron chi connectivity index (χ2n) is 7.19. The van der Waals surface area contributed by atoms with Crippen molar-refractivity contribution in [2.24, 2.45) is 0 Å². The number of anilines is 2. The minimum absolute atomic E-state index is 0.0653. The van der Waals surface area contributed by atoms with Gasteiger partial charge in [0.25, 0.3) is 11.8 Å². The topological polar surface area (TPSA) is 67.9 Å². The largest absolute Gasteiger partial charge is 0.484 e. The van der Waals surface area contributed by atoms with Crippen LogP contribution >= 0.6 is 0 Å². The number of rotatable bonds is 6. The lowest BCUT2D eigenvalue weighted by molar-refractivity contribution is -0.121. The number of carbonyl (C=O) groups is 2. The van der Waals surface area contributed by atoms with E-state index in [9.17, 15) is 14.0 Å². The van der Waals surface area contributed by atoms with Crippen LogP contribution in [0, 0.1) is 12.7 Å². The van der Waals surface area contributed by atoms with E-state index in [4.69, 9.17) is 9.47 Å². The molecule has 0 aliphatic carbocycles. The first-order valence-corrected chi connectivity index (χ1v) is 9.79. The molecule has 6 nitrogen and oxygen atoms in total.